The molecule has 0 saturated heterocycles. The highest BCUT2D eigenvalue weighted by Gasteiger charge is 2.16. The predicted octanol–water partition coefficient (Wildman–Crippen LogP) is 2.52. The van der Waals surface area contributed by atoms with Crippen LogP contribution >= 0.6 is 11.3 Å². The zero-order chi connectivity index (χ0) is 19.7. The van der Waals surface area contributed by atoms with E-state index in [4.69, 9.17) is 9.47 Å². The van der Waals surface area contributed by atoms with Gasteiger partial charge in [0.2, 0.25) is 0 Å². The topological polar surface area (TPSA) is 59.0 Å². The molecular formula is C22H21NO4S. The summed E-state index contributed by atoms with van der Waals surface area (Å²) in [7, 11) is 4.08. The maximum atomic E-state index is 11.4. The number of aromatic carboxylic acids is 1. The minimum absolute atomic E-state index is 0.277. The molecule has 28 heavy (non-hydrogen) atoms. The molecule has 5 nitrogen and oxygen atoms in total. The first-order valence-corrected chi connectivity index (χ1v) is 9.89. The number of nitrogens with zero attached hydrogens (tertiary/aromatic N) is 1. The van der Waals surface area contributed by atoms with Gasteiger partial charge in [0.15, 0.2) is 11.5 Å². The summed E-state index contributed by atoms with van der Waals surface area (Å²) in [5.41, 5.74) is 1.25. The van der Waals surface area contributed by atoms with Crippen LogP contribution in [0.3, 0.4) is 0 Å². The molecule has 2 aromatic rings. The van der Waals surface area contributed by atoms with E-state index in [1.54, 1.807) is 29.7 Å². The van der Waals surface area contributed by atoms with Crippen LogP contribution in [0.4, 0.5) is 0 Å². The lowest BCUT2D eigenvalue weighted by Crippen LogP contribution is -2.15. The van der Waals surface area contributed by atoms with E-state index < -0.39 is 5.97 Å². The summed E-state index contributed by atoms with van der Waals surface area (Å²) < 4.78 is 13.7. The normalized spacial score (nSPS) is 13.9. The van der Waals surface area contributed by atoms with Gasteiger partial charge in [0.25, 0.3) is 0 Å². The van der Waals surface area contributed by atoms with Gasteiger partial charge in [-0.15, -0.1) is 11.3 Å². The monoisotopic (exact) mass is 395 g/mol. The summed E-state index contributed by atoms with van der Waals surface area (Å²) in [4.78, 5) is 13.5. The Bertz CT molecular complexity index is 1200. The second kappa shape index (κ2) is 7.66. The van der Waals surface area contributed by atoms with Crippen LogP contribution in [0, 0.1) is 9.75 Å². The highest BCUT2D eigenvalue weighted by atomic mass is 32.1. The third kappa shape index (κ3) is 3.61. The van der Waals surface area contributed by atoms with Crippen LogP contribution in [0.15, 0.2) is 36.3 Å². The number of carboxylic acids is 1. The standard InChI is InChI=1S/C22H21NO4S/c1-23(2)9-4-10-26-16-12-19-20(27-13-16)17-6-3-5-14-7-8-15(22(24)25)11-18(14)21(17)28-19/h3,5-8,11-13H,4,9-10H2,1-2H3,(H,24,25). The maximum absolute atomic E-state index is 11.4. The summed E-state index contributed by atoms with van der Waals surface area (Å²) in [6.45, 7) is 1.60. The van der Waals surface area contributed by atoms with Gasteiger partial charge in [-0.25, -0.2) is 4.79 Å². The Morgan fingerprint density at radius 3 is 2.96 bits per heavy atom. The van der Waals surface area contributed by atoms with Crippen molar-refractivity contribution in [3.05, 3.63) is 66.9 Å². The molecule has 0 unspecified atom stereocenters. The predicted molar refractivity (Wildman–Crippen MR) is 110 cm³/mol. The fraction of sp³-hybridized carbons (Fsp3) is 0.227. The van der Waals surface area contributed by atoms with Crippen LogP contribution in [-0.2, 0) is 4.74 Å². The average molecular weight is 395 g/mol. The third-order valence-corrected chi connectivity index (χ3v) is 5.76. The molecule has 2 heterocycles. The van der Waals surface area contributed by atoms with Crippen molar-refractivity contribution in [2.45, 2.75) is 6.42 Å². The van der Waals surface area contributed by atoms with Gasteiger partial charge in [-0.05, 0) is 43.9 Å². The van der Waals surface area contributed by atoms with Gasteiger partial charge >= 0.3 is 5.97 Å². The van der Waals surface area contributed by atoms with Crippen LogP contribution in [0.2, 0.25) is 0 Å². The van der Waals surface area contributed by atoms with Crippen molar-refractivity contribution in [3.8, 4) is 5.75 Å². The van der Waals surface area contributed by atoms with Crippen molar-refractivity contribution in [1.29, 1.82) is 0 Å². The zero-order valence-electron chi connectivity index (χ0n) is 15.8. The molecule has 0 amide bonds. The molecular weight excluding hydrogens is 374 g/mol. The number of fused-ring (bicyclic) bond motifs is 4. The molecule has 0 bridgehead atoms. The van der Waals surface area contributed by atoms with Crippen molar-refractivity contribution >= 4 is 35.5 Å². The van der Waals surface area contributed by atoms with Gasteiger partial charge in [-0.1, -0.05) is 18.2 Å². The number of benzene rings is 1. The summed E-state index contributed by atoms with van der Waals surface area (Å²) in [5.74, 6) is 0.567. The Morgan fingerprint density at radius 1 is 1.32 bits per heavy atom. The molecule has 4 rings (SSSR count). The second-order valence-corrected chi connectivity index (χ2v) is 8.01. The van der Waals surface area contributed by atoms with Gasteiger partial charge < -0.3 is 19.5 Å². The molecule has 0 fully saturated rings. The molecule has 2 aliphatic rings. The van der Waals surface area contributed by atoms with Crippen molar-refractivity contribution < 1.29 is 19.4 Å². The molecule has 1 aliphatic heterocycles. The number of ether oxygens (including phenoxy) is 2. The molecule has 144 valence electrons. The number of thiophene rings is 1. The van der Waals surface area contributed by atoms with Crippen molar-refractivity contribution in [2.75, 3.05) is 27.2 Å². The van der Waals surface area contributed by atoms with Crippen molar-refractivity contribution in [1.82, 2.24) is 4.90 Å². The smallest absolute Gasteiger partial charge is 0.335 e. The first-order chi connectivity index (χ1) is 13.5. The van der Waals surface area contributed by atoms with Crippen molar-refractivity contribution in [3.63, 3.8) is 0 Å². The van der Waals surface area contributed by atoms with Gasteiger partial charge in [0, 0.05) is 27.9 Å². The molecule has 1 aromatic heterocycles. The van der Waals surface area contributed by atoms with E-state index in [1.165, 1.54) is 0 Å². The highest BCUT2D eigenvalue weighted by molar-refractivity contribution is 7.08. The minimum Gasteiger partial charge on any atom is -0.490 e. The molecule has 0 atom stereocenters. The minimum atomic E-state index is -0.930. The molecule has 1 N–H and O–H groups in total. The largest absolute Gasteiger partial charge is 0.490 e. The molecule has 0 spiro atoms. The SMILES string of the molecule is CN(C)CCCOC1=COc2c3c(sc2=C1)=c1cc(C(=O)O)ccc1=CC=C3. The van der Waals surface area contributed by atoms with Crippen molar-refractivity contribution in [2.24, 2.45) is 0 Å². The lowest BCUT2D eigenvalue weighted by molar-refractivity contribution is 0.0696. The fourth-order valence-electron chi connectivity index (χ4n) is 3.22. The number of carbonyl (C=O) groups is 1. The first-order valence-electron chi connectivity index (χ1n) is 9.08. The highest BCUT2D eigenvalue weighted by Crippen LogP contribution is 2.27. The molecule has 0 saturated carbocycles. The summed E-state index contributed by atoms with van der Waals surface area (Å²) >= 11 is 1.59. The number of carboxylic acid groups (broad SMARTS) is 1. The first kappa shape index (κ1) is 18.5. The Kier molecular flexibility index (Phi) is 5.07. The van der Waals surface area contributed by atoms with E-state index >= 15 is 0 Å². The lowest BCUT2D eigenvalue weighted by Gasteiger charge is -2.12. The molecule has 1 aliphatic carbocycles. The van der Waals surface area contributed by atoms with E-state index in [9.17, 15) is 9.90 Å². The average Bonchev–Trinajstić information content (AvgIpc) is 2.93. The Balaban J connectivity index is 1.76. The number of hydrogen-bond donors (Lipinski definition) is 1. The third-order valence-electron chi connectivity index (χ3n) is 4.59. The van der Waals surface area contributed by atoms with Gasteiger partial charge in [0.05, 0.1) is 16.7 Å². The molecule has 0 radical (unpaired) electrons. The van der Waals surface area contributed by atoms with Crippen LogP contribution in [0.1, 0.15) is 22.3 Å². The number of allylic oxidation sites excluding steroid dienone is 2. The van der Waals surface area contributed by atoms with Gasteiger partial charge in [0.1, 0.15) is 6.26 Å². The number of rotatable bonds is 6. The van der Waals surface area contributed by atoms with Gasteiger partial charge in [-0.2, -0.15) is 0 Å². The van der Waals surface area contributed by atoms with E-state index in [2.05, 4.69) is 4.90 Å². The summed E-state index contributed by atoms with van der Waals surface area (Å²) in [6, 6.07) is 5.21. The van der Waals surface area contributed by atoms with E-state index in [-0.39, 0.29) is 5.56 Å². The van der Waals surface area contributed by atoms with Crippen LogP contribution in [-0.4, -0.2) is 43.2 Å². The fourth-order valence-corrected chi connectivity index (χ4v) is 4.42. The number of hydrogen-bond acceptors (Lipinski definition) is 5. The van der Waals surface area contributed by atoms with Crippen LogP contribution in [0.5, 0.6) is 5.75 Å². The maximum Gasteiger partial charge on any atom is 0.335 e. The van der Waals surface area contributed by atoms with Gasteiger partial charge in [-0.3, -0.25) is 0 Å². The Hall–Kier alpha value is -2.83. The molecule has 6 heteroatoms. The van der Waals surface area contributed by atoms with E-state index in [0.29, 0.717) is 12.4 Å². The van der Waals surface area contributed by atoms with E-state index in [1.807, 2.05) is 44.5 Å². The summed E-state index contributed by atoms with van der Waals surface area (Å²) in [6.07, 6.45) is 10.5. The van der Waals surface area contributed by atoms with Crippen LogP contribution in [0.25, 0.3) is 18.2 Å². The summed E-state index contributed by atoms with van der Waals surface area (Å²) in [5, 5.41) is 11.3. The molecule has 1 aromatic carbocycles. The van der Waals surface area contributed by atoms with E-state index in [0.717, 1.165) is 43.8 Å². The Labute approximate surface area is 166 Å². The second-order valence-electron chi connectivity index (χ2n) is 6.96. The van der Waals surface area contributed by atoms with Crippen LogP contribution < -0.4 is 14.5 Å². The Morgan fingerprint density at radius 2 is 2.18 bits per heavy atom. The zero-order valence-corrected chi connectivity index (χ0v) is 16.6. The lowest BCUT2D eigenvalue weighted by atomic mass is 10.1. The quantitative estimate of drug-likeness (QED) is 0.762.